The highest BCUT2D eigenvalue weighted by molar-refractivity contribution is 7.92. The topological polar surface area (TPSA) is 76.1 Å². The predicted octanol–water partition coefficient (Wildman–Crippen LogP) is 3.70. The number of benzene rings is 1. The normalized spacial score (nSPS) is 12.5. The summed E-state index contributed by atoms with van der Waals surface area (Å²) in [5.41, 5.74) is 1.97. The predicted molar refractivity (Wildman–Crippen MR) is 107 cm³/mol. The molecule has 1 N–H and O–H groups in total. The Hall–Kier alpha value is -2.51. The van der Waals surface area contributed by atoms with Crippen molar-refractivity contribution < 1.29 is 13.2 Å². The maximum absolute atomic E-state index is 13.4. The first-order valence-electron chi connectivity index (χ1n) is 8.42. The smallest absolute Gasteiger partial charge is 0.252 e. The zero-order chi connectivity index (χ0) is 19.4. The molecule has 3 rings (SSSR count). The molecular weight excluding hydrogens is 380 g/mol. The van der Waals surface area contributed by atoms with Gasteiger partial charge in [0.15, 0.2) is 9.84 Å². The van der Waals surface area contributed by atoms with Crippen molar-refractivity contribution in [3.8, 4) is 0 Å². The Balaban J connectivity index is 1.92. The Kier molecular flexibility index (Phi) is 5.72. The number of nitrogens with one attached hydrogen (secondary N) is 1. The van der Waals surface area contributed by atoms with Crippen molar-refractivity contribution in [3.05, 3.63) is 81.8 Å². The molecule has 0 unspecified atom stereocenters. The van der Waals surface area contributed by atoms with Crippen molar-refractivity contribution in [1.82, 2.24) is 10.3 Å². The number of amides is 1. The first kappa shape index (κ1) is 19.3. The second kappa shape index (κ2) is 8.02. The van der Waals surface area contributed by atoms with E-state index in [1.807, 2.05) is 30.5 Å². The van der Waals surface area contributed by atoms with Crippen LogP contribution >= 0.6 is 11.3 Å². The van der Waals surface area contributed by atoms with E-state index in [1.54, 1.807) is 37.4 Å². The fourth-order valence-corrected chi connectivity index (χ4v) is 5.90. The van der Waals surface area contributed by atoms with Crippen molar-refractivity contribution in [1.29, 1.82) is 0 Å². The molecule has 0 saturated heterocycles. The SMILES string of the molecule is Cc1ccc(C)c(S(=O)(=O)[C@@H](CNC(=O)c2cccnc2)c2cccs2)c1. The molecule has 27 heavy (non-hydrogen) atoms. The van der Waals surface area contributed by atoms with Gasteiger partial charge in [0.1, 0.15) is 5.25 Å². The lowest BCUT2D eigenvalue weighted by molar-refractivity contribution is 0.0953. The van der Waals surface area contributed by atoms with E-state index in [9.17, 15) is 13.2 Å². The molecule has 1 aromatic carbocycles. The zero-order valence-electron chi connectivity index (χ0n) is 15.0. The number of nitrogens with zero attached hydrogens (tertiary/aromatic N) is 1. The van der Waals surface area contributed by atoms with Gasteiger partial charge in [-0.15, -0.1) is 11.3 Å². The highest BCUT2D eigenvalue weighted by atomic mass is 32.2. The fourth-order valence-electron chi connectivity index (χ4n) is 2.79. The summed E-state index contributed by atoms with van der Waals surface area (Å²) in [4.78, 5) is 17.3. The van der Waals surface area contributed by atoms with Gasteiger partial charge in [-0.05, 0) is 54.6 Å². The molecule has 1 amide bonds. The monoisotopic (exact) mass is 400 g/mol. The standard InChI is InChI=1S/C20H20N2O3S2/c1-14-7-8-15(2)18(11-14)27(24,25)19(17-6-4-10-26-17)13-22-20(23)16-5-3-9-21-12-16/h3-12,19H,13H2,1-2H3,(H,22,23)/t19-/m0/s1. The van der Waals surface area contributed by atoms with Gasteiger partial charge in [-0.3, -0.25) is 9.78 Å². The van der Waals surface area contributed by atoms with Gasteiger partial charge in [0.25, 0.3) is 5.91 Å². The van der Waals surface area contributed by atoms with Crippen LogP contribution in [-0.2, 0) is 9.84 Å². The largest absolute Gasteiger partial charge is 0.350 e. The molecule has 0 spiro atoms. The third kappa shape index (κ3) is 4.26. The molecule has 0 radical (unpaired) electrons. The van der Waals surface area contributed by atoms with E-state index in [-0.39, 0.29) is 12.5 Å². The number of thiophene rings is 1. The minimum Gasteiger partial charge on any atom is -0.350 e. The van der Waals surface area contributed by atoms with Gasteiger partial charge in [0.05, 0.1) is 10.5 Å². The molecule has 0 aliphatic heterocycles. The Morgan fingerprint density at radius 2 is 2.00 bits per heavy atom. The number of carbonyl (C=O) groups excluding carboxylic acids is 1. The first-order valence-corrected chi connectivity index (χ1v) is 10.8. The lowest BCUT2D eigenvalue weighted by Crippen LogP contribution is -2.31. The van der Waals surface area contributed by atoms with Crippen molar-refractivity contribution in [2.24, 2.45) is 0 Å². The fraction of sp³-hybridized carbons (Fsp3) is 0.200. The van der Waals surface area contributed by atoms with Gasteiger partial charge in [0.2, 0.25) is 0 Å². The first-order chi connectivity index (χ1) is 12.9. The third-order valence-electron chi connectivity index (χ3n) is 4.26. The molecule has 1 atom stereocenters. The third-order valence-corrected chi connectivity index (χ3v) is 7.61. The van der Waals surface area contributed by atoms with Gasteiger partial charge in [-0.1, -0.05) is 18.2 Å². The number of aromatic nitrogens is 1. The zero-order valence-corrected chi connectivity index (χ0v) is 16.7. The second-order valence-electron chi connectivity index (χ2n) is 6.27. The van der Waals surface area contributed by atoms with E-state index in [4.69, 9.17) is 0 Å². The van der Waals surface area contributed by atoms with Crippen LogP contribution in [0.5, 0.6) is 0 Å². The molecule has 7 heteroatoms. The minimum atomic E-state index is -3.67. The Morgan fingerprint density at radius 3 is 2.67 bits per heavy atom. The summed E-state index contributed by atoms with van der Waals surface area (Å²) in [5.74, 6) is -0.346. The van der Waals surface area contributed by atoms with Crippen LogP contribution in [0.15, 0.2) is 65.1 Å². The van der Waals surface area contributed by atoms with Gasteiger partial charge in [-0.2, -0.15) is 0 Å². The summed E-state index contributed by atoms with van der Waals surface area (Å²) < 4.78 is 26.8. The van der Waals surface area contributed by atoms with Gasteiger partial charge in [0, 0.05) is 23.8 Å². The molecule has 0 aliphatic rings. The van der Waals surface area contributed by atoms with Gasteiger partial charge < -0.3 is 5.32 Å². The van der Waals surface area contributed by atoms with Crippen molar-refractivity contribution >= 4 is 27.1 Å². The molecule has 2 aromatic heterocycles. The number of hydrogen-bond acceptors (Lipinski definition) is 5. The van der Waals surface area contributed by atoms with E-state index in [0.717, 1.165) is 5.56 Å². The van der Waals surface area contributed by atoms with E-state index in [2.05, 4.69) is 10.3 Å². The molecule has 140 valence electrons. The summed E-state index contributed by atoms with van der Waals surface area (Å²) >= 11 is 1.37. The van der Waals surface area contributed by atoms with E-state index >= 15 is 0 Å². The van der Waals surface area contributed by atoms with Crippen LogP contribution in [0.3, 0.4) is 0 Å². The van der Waals surface area contributed by atoms with E-state index < -0.39 is 15.1 Å². The average molecular weight is 401 g/mol. The van der Waals surface area contributed by atoms with Crippen LogP contribution in [-0.4, -0.2) is 25.9 Å². The Bertz CT molecular complexity index is 1030. The molecule has 0 saturated carbocycles. The number of sulfone groups is 1. The Labute approximate surface area is 163 Å². The van der Waals surface area contributed by atoms with Crippen molar-refractivity contribution in [2.75, 3.05) is 6.54 Å². The number of hydrogen-bond donors (Lipinski definition) is 1. The number of rotatable bonds is 6. The maximum atomic E-state index is 13.4. The summed E-state index contributed by atoms with van der Waals surface area (Å²) in [6.45, 7) is 3.64. The lowest BCUT2D eigenvalue weighted by Gasteiger charge is -2.19. The van der Waals surface area contributed by atoms with E-state index in [0.29, 0.717) is 20.9 Å². The van der Waals surface area contributed by atoms with Crippen LogP contribution in [0.1, 0.15) is 31.6 Å². The molecule has 3 aromatic rings. The number of carbonyl (C=O) groups is 1. The number of aryl methyl sites for hydroxylation is 2. The molecule has 0 aliphatic carbocycles. The second-order valence-corrected chi connectivity index (χ2v) is 9.35. The minimum absolute atomic E-state index is 0.00996. The van der Waals surface area contributed by atoms with Crippen LogP contribution in [0.4, 0.5) is 0 Å². The highest BCUT2D eigenvalue weighted by Gasteiger charge is 2.31. The molecule has 5 nitrogen and oxygen atoms in total. The molecule has 0 fully saturated rings. The van der Waals surface area contributed by atoms with E-state index in [1.165, 1.54) is 17.5 Å². The quantitative estimate of drug-likeness (QED) is 0.684. The van der Waals surface area contributed by atoms with Crippen LogP contribution in [0, 0.1) is 13.8 Å². The summed E-state index contributed by atoms with van der Waals surface area (Å²) in [6.07, 6.45) is 3.03. The summed E-state index contributed by atoms with van der Waals surface area (Å²) in [5, 5.41) is 3.73. The van der Waals surface area contributed by atoms with Gasteiger partial charge in [-0.25, -0.2) is 8.42 Å². The van der Waals surface area contributed by atoms with Crippen LogP contribution in [0.25, 0.3) is 0 Å². The number of pyridine rings is 1. The Morgan fingerprint density at radius 1 is 1.19 bits per heavy atom. The van der Waals surface area contributed by atoms with Gasteiger partial charge >= 0.3 is 0 Å². The van der Waals surface area contributed by atoms with Crippen LogP contribution < -0.4 is 5.32 Å². The summed E-state index contributed by atoms with van der Waals surface area (Å²) in [7, 11) is -3.67. The summed E-state index contributed by atoms with van der Waals surface area (Å²) in [6, 6.07) is 12.3. The average Bonchev–Trinajstić information content (AvgIpc) is 3.18. The van der Waals surface area contributed by atoms with Crippen molar-refractivity contribution in [3.63, 3.8) is 0 Å². The lowest BCUT2D eigenvalue weighted by atomic mass is 10.2. The molecular formula is C20H20N2O3S2. The highest BCUT2D eigenvalue weighted by Crippen LogP contribution is 2.33. The molecule has 2 heterocycles. The van der Waals surface area contributed by atoms with Crippen LogP contribution in [0.2, 0.25) is 0 Å². The molecule has 0 bridgehead atoms. The van der Waals surface area contributed by atoms with Crippen molar-refractivity contribution in [2.45, 2.75) is 24.0 Å². The maximum Gasteiger partial charge on any atom is 0.252 e.